The predicted octanol–water partition coefficient (Wildman–Crippen LogP) is 1.01. The van der Waals surface area contributed by atoms with Crippen LogP contribution in [0.1, 0.15) is 12.8 Å². The van der Waals surface area contributed by atoms with Crippen molar-refractivity contribution in [1.29, 1.82) is 0 Å². The Morgan fingerprint density at radius 2 is 2.40 bits per heavy atom. The molecule has 0 saturated carbocycles. The molecule has 0 radical (unpaired) electrons. The van der Waals surface area contributed by atoms with Crippen LogP contribution in [-0.4, -0.2) is 38.7 Å². The first-order valence-electron chi connectivity index (χ1n) is 6.31. The fourth-order valence-electron chi connectivity index (χ4n) is 2.16. The van der Waals surface area contributed by atoms with Gasteiger partial charge in [-0.1, -0.05) is 11.6 Å². The van der Waals surface area contributed by atoms with Gasteiger partial charge in [0.15, 0.2) is 0 Å². The molecule has 0 unspecified atom stereocenters. The number of carbonyl (C=O) groups is 1. The summed E-state index contributed by atoms with van der Waals surface area (Å²) in [5.41, 5.74) is 1.28. The minimum absolute atomic E-state index is 0.0711. The highest BCUT2D eigenvalue weighted by molar-refractivity contribution is 6.33. The van der Waals surface area contributed by atoms with Crippen molar-refractivity contribution in [3.63, 3.8) is 0 Å². The minimum atomic E-state index is -0.150. The van der Waals surface area contributed by atoms with E-state index in [9.17, 15) is 4.79 Å². The van der Waals surface area contributed by atoms with E-state index in [0.29, 0.717) is 10.7 Å². The van der Waals surface area contributed by atoms with Gasteiger partial charge < -0.3 is 10.6 Å². The Balaban J connectivity index is 1.81. The summed E-state index contributed by atoms with van der Waals surface area (Å²) in [5, 5.41) is 17.4. The van der Waals surface area contributed by atoms with Crippen LogP contribution in [0.4, 0.5) is 5.69 Å². The molecule has 1 aliphatic heterocycles. The molecule has 2 N–H and O–H groups in total. The smallest absolute Gasteiger partial charge is 0.241 e. The number of amides is 1. The maximum atomic E-state index is 12.1. The quantitative estimate of drug-likeness (QED) is 0.882. The second kappa shape index (κ2) is 5.56. The molecule has 1 atom stereocenters. The molecule has 1 aromatic heterocycles. The van der Waals surface area contributed by atoms with Crippen molar-refractivity contribution < 1.29 is 4.79 Å². The van der Waals surface area contributed by atoms with Gasteiger partial charge in [-0.05, 0) is 48.0 Å². The van der Waals surface area contributed by atoms with Gasteiger partial charge in [-0.15, -0.1) is 5.10 Å². The number of nitrogens with one attached hydrogen (secondary N) is 2. The topological polar surface area (TPSA) is 84.7 Å². The number of aromatic nitrogens is 4. The fraction of sp³-hybridized carbons (Fsp3) is 0.333. The summed E-state index contributed by atoms with van der Waals surface area (Å²) >= 11 is 6.11. The lowest BCUT2D eigenvalue weighted by Crippen LogP contribution is -2.35. The van der Waals surface area contributed by atoms with Gasteiger partial charge in [0.05, 0.1) is 22.4 Å². The lowest BCUT2D eigenvalue weighted by Gasteiger charge is -2.13. The summed E-state index contributed by atoms with van der Waals surface area (Å²) in [4.78, 5) is 12.1. The van der Waals surface area contributed by atoms with Crippen molar-refractivity contribution >= 4 is 23.2 Å². The average Bonchev–Trinajstić information content (AvgIpc) is 3.14. The molecule has 0 bridgehead atoms. The van der Waals surface area contributed by atoms with E-state index in [1.165, 1.54) is 11.0 Å². The number of halogens is 1. The van der Waals surface area contributed by atoms with Crippen LogP contribution in [0.2, 0.25) is 5.02 Å². The van der Waals surface area contributed by atoms with E-state index < -0.39 is 0 Å². The summed E-state index contributed by atoms with van der Waals surface area (Å²) in [5.74, 6) is -0.0711. The van der Waals surface area contributed by atoms with E-state index in [1.807, 2.05) is 0 Å². The number of hydrogen-bond donors (Lipinski definition) is 2. The molecule has 1 saturated heterocycles. The molecule has 0 spiro atoms. The fourth-order valence-corrected chi connectivity index (χ4v) is 2.32. The molecule has 0 aliphatic carbocycles. The Hall–Kier alpha value is -1.99. The van der Waals surface area contributed by atoms with Gasteiger partial charge in [-0.2, -0.15) is 0 Å². The standard InChI is InChI=1S/C12H13ClN6O/c13-9-4-3-8(19-7-15-17-18-19)6-11(9)16-12(20)10-2-1-5-14-10/h3-4,6-7,10,14H,1-2,5H2,(H,16,20)/t10-/m1/s1. The molecular weight excluding hydrogens is 280 g/mol. The largest absolute Gasteiger partial charge is 0.323 e. The lowest BCUT2D eigenvalue weighted by atomic mass is 10.2. The Kier molecular flexibility index (Phi) is 3.62. The van der Waals surface area contributed by atoms with Gasteiger partial charge in [0.25, 0.3) is 0 Å². The molecule has 2 heterocycles. The van der Waals surface area contributed by atoms with Crippen LogP contribution in [0, 0.1) is 0 Å². The van der Waals surface area contributed by atoms with Crippen molar-refractivity contribution in [2.24, 2.45) is 0 Å². The normalized spacial score (nSPS) is 18.1. The second-order valence-corrected chi connectivity index (χ2v) is 4.96. The summed E-state index contributed by atoms with van der Waals surface area (Å²) in [7, 11) is 0. The third-order valence-corrected chi connectivity index (χ3v) is 3.53. The summed E-state index contributed by atoms with van der Waals surface area (Å²) in [6, 6.07) is 5.08. The van der Waals surface area contributed by atoms with Gasteiger partial charge in [0.1, 0.15) is 6.33 Å². The van der Waals surface area contributed by atoms with Crippen LogP contribution in [-0.2, 0) is 4.79 Å². The number of tetrazole rings is 1. The highest BCUT2D eigenvalue weighted by atomic mass is 35.5. The Bertz CT molecular complexity index is 608. The first kappa shape index (κ1) is 13.0. The van der Waals surface area contributed by atoms with E-state index in [0.717, 1.165) is 25.1 Å². The van der Waals surface area contributed by atoms with Gasteiger partial charge in [0, 0.05) is 0 Å². The van der Waals surface area contributed by atoms with E-state index in [-0.39, 0.29) is 11.9 Å². The Morgan fingerprint density at radius 3 is 3.10 bits per heavy atom. The Morgan fingerprint density at radius 1 is 1.50 bits per heavy atom. The zero-order chi connectivity index (χ0) is 13.9. The van der Waals surface area contributed by atoms with Crippen LogP contribution in [0.3, 0.4) is 0 Å². The summed E-state index contributed by atoms with van der Waals surface area (Å²) in [6.45, 7) is 0.872. The van der Waals surface area contributed by atoms with Crippen LogP contribution in [0.15, 0.2) is 24.5 Å². The zero-order valence-electron chi connectivity index (χ0n) is 10.6. The third kappa shape index (κ3) is 2.63. The maximum absolute atomic E-state index is 12.1. The van der Waals surface area contributed by atoms with E-state index in [4.69, 9.17) is 11.6 Å². The molecule has 3 rings (SSSR count). The molecule has 104 valence electrons. The first-order chi connectivity index (χ1) is 9.74. The van der Waals surface area contributed by atoms with E-state index in [1.54, 1.807) is 18.2 Å². The van der Waals surface area contributed by atoms with Crippen LogP contribution >= 0.6 is 11.6 Å². The molecule has 8 heteroatoms. The van der Waals surface area contributed by atoms with Crippen molar-refractivity contribution in [3.8, 4) is 5.69 Å². The average molecular weight is 293 g/mol. The maximum Gasteiger partial charge on any atom is 0.241 e. The van der Waals surface area contributed by atoms with Crippen molar-refractivity contribution in [2.75, 3.05) is 11.9 Å². The van der Waals surface area contributed by atoms with Gasteiger partial charge in [-0.25, -0.2) is 4.68 Å². The number of benzene rings is 1. The zero-order valence-corrected chi connectivity index (χ0v) is 11.3. The molecule has 7 nitrogen and oxygen atoms in total. The molecule has 1 aliphatic rings. The van der Waals surface area contributed by atoms with Crippen molar-refractivity contribution in [3.05, 3.63) is 29.5 Å². The van der Waals surface area contributed by atoms with Crippen molar-refractivity contribution in [2.45, 2.75) is 18.9 Å². The SMILES string of the molecule is O=C(Nc1cc(-n2cnnn2)ccc1Cl)[C@H]1CCCN1. The van der Waals surface area contributed by atoms with Crippen molar-refractivity contribution in [1.82, 2.24) is 25.5 Å². The van der Waals surface area contributed by atoms with Gasteiger partial charge in [-0.3, -0.25) is 4.79 Å². The van der Waals surface area contributed by atoms with Crippen LogP contribution < -0.4 is 10.6 Å². The van der Waals surface area contributed by atoms with E-state index in [2.05, 4.69) is 26.2 Å². The molecule has 1 amide bonds. The lowest BCUT2D eigenvalue weighted by molar-refractivity contribution is -0.117. The van der Waals surface area contributed by atoms with E-state index >= 15 is 0 Å². The molecule has 1 fully saturated rings. The molecular formula is C12H13ClN6O. The first-order valence-corrected chi connectivity index (χ1v) is 6.69. The van der Waals surface area contributed by atoms with Gasteiger partial charge in [0.2, 0.25) is 5.91 Å². The number of anilines is 1. The summed E-state index contributed by atoms with van der Waals surface area (Å²) < 4.78 is 1.50. The monoisotopic (exact) mass is 292 g/mol. The summed E-state index contributed by atoms with van der Waals surface area (Å²) in [6.07, 6.45) is 3.33. The second-order valence-electron chi connectivity index (χ2n) is 4.56. The van der Waals surface area contributed by atoms with Crippen LogP contribution in [0.25, 0.3) is 5.69 Å². The molecule has 2 aromatic rings. The number of carbonyl (C=O) groups excluding carboxylic acids is 1. The van der Waals surface area contributed by atoms with Gasteiger partial charge >= 0.3 is 0 Å². The highest BCUT2D eigenvalue weighted by Gasteiger charge is 2.22. The predicted molar refractivity (Wildman–Crippen MR) is 73.8 cm³/mol. The van der Waals surface area contributed by atoms with Crippen LogP contribution in [0.5, 0.6) is 0 Å². The molecule has 1 aromatic carbocycles. The molecule has 20 heavy (non-hydrogen) atoms. The minimum Gasteiger partial charge on any atom is -0.323 e. The number of rotatable bonds is 3. The third-order valence-electron chi connectivity index (χ3n) is 3.20. The number of hydrogen-bond acceptors (Lipinski definition) is 5. The number of nitrogens with zero attached hydrogens (tertiary/aromatic N) is 4. The Labute approximate surface area is 120 Å². The highest BCUT2D eigenvalue weighted by Crippen LogP contribution is 2.25.